The van der Waals surface area contributed by atoms with Gasteiger partial charge in [-0.3, -0.25) is 0 Å². The summed E-state index contributed by atoms with van der Waals surface area (Å²) < 4.78 is 0. The maximum absolute atomic E-state index is 5.86. The lowest BCUT2D eigenvalue weighted by Crippen LogP contribution is -2.07. The maximum atomic E-state index is 5.86. The largest absolute Gasteiger partial charge is 0.321 e. The minimum Gasteiger partial charge on any atom is -0.321 e. The average Bonchev–Trinajstić information content (AvgIpc) is 2.03. The van der Waals surface area contributed by atoms with E-state index in [2.05, 4.69) is 11.6 Å². The molecule has 0 bridgehead atoms. The van der Waals surface area contributed by atoms with Crippen molar-refractivity contribution in [2.24, 2.45) is 5.73 Å². The molecule has 2 N–H and O–H groups in total. The third-order valence-corrected chi connectivity index (χ3v) is 1.93. The van der Waals surface area contributed by atoms with Gasteiger partial charge in [-0.1, -0.05) is 23.7 Å². The van der Waals surface area contributed by atoms with Crippen molar-refractivity contribution in [2.75, 3.05) is 0 Å². The first-order chi connectivity index (χ1) is 5.65. The quantitative estimate of drug-likeness (QED) is 0.563. The molecular weight excluding hydrogens is 172 g/mol. The molecule has 0 fully saturated rings. The standard InChI is InChI=1S/C9H11ClN2/c1-3-8(11)7-5-4-6(2)12-9(7)10/h3-5,8H,1,11H2,2H3/t8-/m1/s1. The fraction of sp³-hybridized carbons (Fsp3) is 0.222. The molecule has 0 radical (unpaired) electrons. The van der Waals surface area contributed by atoms with Crippen molar-refractivity contribution >= 4 is 11.6 Å². The number of aryl methyl sites for hydroxylation is 1. The summed E-state index contributed by atoms with van der Waals surface area (Å²) in [5, 5.41) is 0.461. The van der Waals surface area contributed by atoms with Crippen molar-refractivity contribution in [3.05, 3.63) is 41.2 Å². The summed E-state index contributed by atoms with van der Waals surface area (Å²) in [5.74, 6) is 0. The van der Waals surface area contributed by atoms with Crippen LogP contribution in [0, 0.1) is 6.92 Å². The highest BCUT2D eigenvalue weighted by Gasteiger charge is 2.06. The van der Waals surface area contributed by atoms with E-state index in [9.17, 15) is 0 Å². The second-order valence-corrected chi connectivity index (χ2v) is 2.95. The molecule has 1 aromatic heterocycles. The summed E-state index contributed by atoms with van der Waals surface area (Å²) >= 11 is 5.86. The number of nitrogens with zero attached hydrogens (tertiary/aromatic N) is 1. The lowest BCUT2D eigenvalue weighted by molar-refractivity contribution is 0.900. The molecular formula is C9H11ClN2. The summed E-state index contributed by atoms with van der Waals surface area (Å²) in [5.41, 5.74) is 7.41. The van der Waals surface area contributed by atoms with E-state index < -0.39 is 0 Å². The molecule has 1 atom stereocenters. The van der Waals surface area contributed by atoms with Gasteiger partial charge in [0.05, 0.1) is 6.04 Å². The van der Waals surface area contributed by atoms with Gasteiger partial charge >= 0.3 is 0 Å². The van der Waals surface area contributed by atoms with Gasteiger partial charge < -0.3 is 5.73 Å². The van der Waals surface area contributed by atoms with Crippen molar-refractivity contribution in [3.63, 3.8) is 0 Å². The predicted molar refractivity (Wildman–Crippen MR) is 51.1 cm³/mol. The number of hydrogen-bond acceptors (Lipinski definition) is 2. The van der Waals surface area contributed by atoms with Gasteiger partial charge in [0.25, 0.3) is 0 Å². The van der Waals surface area contributed by atoms with Crippen LogP contribution < -0.4 is 5.73 Å². The van der Waals surface area contributed by atoms with Gasteiger partial charge in [-0.2, -0.15) is 0 Å². The summed E-state index contributed by atoms with van der Waals surface area (Å²) in [6.45, 7) is 5.47. The van der Waals surface area contributed by atoms with Crippen LogP contribution in [-0.2, 0) is 0 Å². The third-order valence-electron chi connectivity index (χ3n) is 1.63. The first-order valence-electron chi connectivity index (χ1n) is 3.66. The summed E-state index contributed by atoms with van der Waals surface area (Å²) in [4.78, 5) is 4.08. The van der Waals surface area contributed by atoms with Crippen LogP contribution >= 0.6 is 11.6 Å². The van der Waals surface area contributed by atoms with Gasteiger partial charge in [-0.25, -0.2) is 4.98 Å². The van der Waals surface area contributed by atoms with Crippen LogP contribution in [0.1, 0.15) is 17.3 Å². The fourth-order valence-electron chi connectivity index (χ4n) is 0.911. The molecule has 1 aromatic rings. The average molecular weight is 183 g/mol. The maximum Gasteiger partial charge on any atom is 0.134 e. The van der Waals surface area contributed by atoms with E-state index in [0.717, 1.165) is 11.3 Å². The lowest BCUT2D eigenvalue weighted by Gasteiger charge is -2.07. The van der Waals surface area contributed by atoms with Gasteiger partial charge in [0, 0.05) is 11.3 Å². The first kappa shape index (κ1) is 9.23. The SMILES string of the molecule is C=C[C@@H](N)c1ccc(C)nc1Cl. The van der Waals surface area contributed by atoms with Crippen molar-refractivity contribution in [1.29, 1.82) is 0 Å². The molecule has 0 saturated carbocycles. The van der Waals surface area contributed by atoms with Crippen LogP contribution in [0.2, 0.25) is 5.15 Å². The molecule has 0 amide bonds. The molecule has 0 unspecified atom stereocenters. The second-order valence-electron chi connectivity index (χ2n) is 2.59. The highest BCUT2D eigenvalue weighted by Crippen LogP contribution is 2.19. The summed E-state index contributed by atoms with van der Waals surface area (Å²) in [6.07, 6.45) is 1.64. The van der Waals surface area contributed by atoms with Gasteiger partial charge in [-0.05, 0) is 13.0 Å². The minimum absolute atomic E-state index is 0.231. The molecule has 0 spiro atoms. The number of halogens is 1. The molecule has 0 aliphatic heterocycles. The van der Waals surface area contributed by atoms with E-state index in [1.54, 1.807) is 6.08 Å². The van der Waals surface area contributed by atoms with Crippen molar-refractivity contribution in [2.45, 2.75) is 13.0 Å². The topological polar surface area (TPSA) is 38.9 Å². The van der Waals surface area contributed by atoms with Crippen LogP contribution in [-0.4, -0.2) is 4.98 Å². The normalized spacial score (nSPS) is 12.6. The Morgan fingerprint density at radius 3 is 2.83 bits per heavy atom. The second kappa shape index (κ2) is 3.70. The van der Waals surface area contributed by atoms with Crippen LogP contribution in [0.5, 0.6) is 0 Å². The zero-order valence-corrected chi connectivity index (χ0v) is 7.67. The Morgan fingerprint density at radius 2 is 2.33 bits per heavy atom. The van der Waals surface area contributed by atoms with Crippen molar-refractivity contribution < 1.29 is 0 Å². The van der Waals surface area contributed by atoms with E-state index in [4.69, 9.17) is 17.3 Å². The summed E-state index contributed by atoms with van der Waals surface area (Å²) in [6, 6.07) is 3.52. The Balaban J connectivity index is 3.09. The number of rotatable bonds is 2. The Labute approximate surface area is 77.1 Å². The molecule has 0 aliphatic rings. The van der Waals surface area contributed by atoms with Crippen molar-refractivity contribution in [3.8, 4) is 0 Å². The van der Waals surface area contributed by atoms with Crippen LogP contribution in [0.3, 0.4) is 0 Å². The van der Waals surface area contributed by atoms with E-state index >= 15 is 0 Å². The number of hydrogen-bond donors (Lipinski definition) is 1. The van der Waals surface area contributed by atoms with E-state index in [1.165, 1.54) is 0 Å². The Hall–Kier alpha value is -0.860. The van der Waals surface area contributed by atoms with Gasteiger partial charge in [-0.15, -0.1) is 6.58 Å². The lowest BCUT2D eigenvalue weighted by atomic mass is 10.1. The molecule has 1 rings (SSSR count). The molecule has 2 nitrogen and oxygen atoms in total. The molecule has 0 aliphatic carbocycles. The molecule has 0 aromatic carbocycles. The first-order valence-corrected chi connectivity index (χ1v) is 4.04. The zero-order chi connectivity index (χ0) is 9.14. The predicted octanol–water partition coefficient (Wildman–Crippen LogP) is 2.23. The Bertz CT molecular complexity index is 297. The van der Waals surface area contributed by atoms with E-state index in [1.807, 2.05) is 19.1 Å². The van der Waals surface area contributed by atoms with E-state index in [-0.39, 0.29) is 6.04 Å². The van der Waals surface area contributed by atoms with Gasteiger partial charge in [0.2, 0.25) is 0 Å². The monoisotopic (exact) mass is 182 g/mol. The van der Waals surface area contributed by atoms with Gasteiger partial charge in [0.1, 0.15) is 5.15 Å². The smallest absolute Gasteiger partial charge is 0.134 e. The number of aromatic nitrogens is 1. The molecule has 64 valence electrons. The molecule has 1 heterocycles. The molecule has 3 heteroatoms. The van der Waals surface area contributed by atoms with Crippen LogP contribution in [0.15, 0.2) is 24.8 Å². The Morgan fingerprint density at radius 1 is 1.67 bits per heavy atom. The third kappa shape index (κ3) is 1.84. The highest BCUT2D eigenvalue weighted by molar-refractivity contribution is 6.30. The Kier molecular flexibility index (Phi) is 2.84. The number of pyridine rings is 1. The fourth-order valence-corrected chi connectivity index (χ4v) is 1.23. The van der Waals surface area contributed by atoms with E-state index in [0.29, 0.717) is 5.15 Å². The number of nitrogens with two attached hydrogens (primary N) is 1. The summed E-state index contributed by atoms with van der Waals surface area (Å²) in [7, 11) is 0. The van der Waals surface area contributed by atoms with Crippen LogP contribution in [0.4, 0.5) is 0 Å². The highest BCUT2D eigenvalue weighted by atomic mass is 35.5. The molecule has 12 heavy (non-hydrogen) atoms. The van der Waals surface area contributed by atoms with Crippen molar-refractivity contribution in [1.82, 2.24) is 4.98 Å². The zero-order valence-electron chi connectivity index (χ0n) is 6.92. The van der Waals surface area contributed by atoms with Crippen LogP contribution in [0.25, 0.3) is 0 Å². The molecule has 0 saturated heterocycles. The van der Waals surface area contributed by atoms with Gasteiger partial charge in [0.15, 0.2) is 0 Å². The minimum atomic E-state index is -0.231.